The van der Waals surface area contributed by atoms with Crippen LogP contribution in [0.25, 0.3) is 45.1 Å². The van der Waals surface area contributed by atoms with Crippen LogP contribution in [-0.2, 0) is 24.2 Å². The van der Waals surface area contributed by atoms with E-state index in [1.807, 2.05) is 13.1 Å². The Kier molecular flexibility index (Phi) is 8.88. The predicted molar refractivity (Wildman–Crippen MR) is 181 cm³/mol. The summed E-state index contributed by atoms with van der Waals surface area (Å²) in [6.07, 6.45) is -0.184. The summed E-state index contributed by atoms with van der Waals surface area (Å²) in [6.45, 7) is 11.4. The molecule has 0 spiro atoms. The molecule has 1 aliphatic carbocycles. The van der Waals surface area contributed by atoms with Crippen LogP contribution in [0, 0.1) is 5.82 Å². The van der Waals surface area contributed by atoms with Crippen molar-refractivity contribution in [2.24, 2.45) is 7.05 Å². The Hall–Kier alpha value is -3.87. The normalized spacial score (nSPS) is 17.6. The summed E-state index contributed by atoms with van der Waals surface area (Å²) in [5, 5.41) is 8.12. The molecule has 0 radical (unpaired) electrons. The Balaban J connectivity index is 1.33. The number of benzene rings is 3. The molecule has 12 heteroatoms. The van der Waals surface area contributed by atoms with Gasteiger partial charge in [-0.1, -0.05) is 39.0 Å². The Bertz CT molecular complexity index is 1940. The first kappa shape index (κ1) is 34.0. The van der Waals surface area contributed by atoms with Crippen molar-refractivity contribution in [1.29, 1.82) is 0 Å². The molecule has 3 aromatic carbocycles. The fraction of sp³-hybridized carbons (Fsp3) is 0.417. The second kappa shape index (κ2) is 12.5. The zero-order valence-electron chi connectivity index (χ0n) is 28.3. The number of likely N-dealkylation sites (N-methyl/N-ethyl adjacent to an activating group) is 1. The quantitative estimate of drug-likeness (QED) is 0.120. The molecule has 0 amide bonds. The van der Waals surface area contributed by atoms with Gasteiger partial charge in [0.15, 0.2) is 19.7 Å². The van der Waals surface area contributed by atoms with Crippen molar-refractivity contribution in [3.8, 4) is 34.0 Å². The van der Waals surface area contributed by atoms with Crippen LogP contribution in [-0.4, -0.2) is 52.2 Å². The van der Waals surface area contributed by atoms with Crippen LogP contribution in [0.15, 0.2) is 65.3 Å². The zero-order valence-corrected chi connectivity index (χ0v) is 29.3. The SMILES string of the molecule is CN(Cc1cc(C(F)(F)F)c2oc(-c3cccc(-c4ccc(F)cc4-c4nncn4C)c3)nc2c1)[C@@H]1CCC[C@@H]1O[Si](C)(C)C(C)(C)C. The molecule has 1 aliphatic rings. The predicted octanol–water partition coefficient (Wildman–Crippen LogP) is 9.49. The van der Waals surface area contributed by atoms with Gasteiger partial charge < -0.3 is 13.4 Å². The molecule has 2 heterocycles. The minimum Gasteiger partial charge on any atom is -0.435 e. The van der Waals surface area contributed by atoms with E-state index >= 15 is 0 Å². The summed E-state index contributed by atoms with van der Waals surface area (Å²) in [6, 6.07) is 14.4. The van der Waals surface area contributed by atoms with Gasteiger partial charge in [0.1, 0.15) is 23.2 Å². The standard InChI is InChI=1S/C36H41F4N5O2Si/c1-35(2,3)48(6,7)47-31-13-9-12-30(31)44(4)20-22-16-28(36(38,39)40)32-29(17-22)42-34(46-32)24-11-8-10-23(18-24)26-15-14-25(37)19-27(26)33-43-41-21-45(33)5/h8,10-11,14-19,21,30-31H,9,12-13,20H2,1-7H3/t30-,31+/m1/s1. The Morgan fingerprint density at radius 2 is 1.75 bits per heavy atom. The minimum absolute atomic E-state index is 0.0444. The van der Waals surface area contributed by atoms with Gasteiger partial charge in [-0.2, -0.15) is 13.2 Å². The van der Waals surface area contributed by atoms with E-state index in [9.17, 15) is 17.6 Å². The summed E-state index contributed by atoms with van der Waals surface area (Å²) >= 11 is 0. The third-order valence-electron chi connectivity index (χ3n) is 9.88. The Labute approximate surface area is 279 Å². The van der Waals surface area contributed by atoms with Crippen LogP contribution in [0.2, 0.25) is 18.1 Å². The van der Waals surface area contributed by atoms with E-state index in [2.05, 4.69) is 53.9 Å². The molecule has 0 unspecified atom stereocenters. The third-order valence-corrected chi connectivity index (χ3v) is 14.4. The van der Waals surface area contributed by atoms with Gasteiger partial charge in [-0.15, -0.1) is 10.2 Å². The molecule has 5 aromatic rings. The van der Waals surface area contributed by atoms with E-state index < -0.39 is 25.9 Å². The van der Waals surface area contributed by atoms with Gasteiger partial charge in [0.25, 0.3) is 0 Å². The molecule has 6 rings (SSSR count). The van der Waals surface area contributed by atoms with E-state index in [1.54, 1.807) is 41.9 Å². The van der Waals surface area contributed by atoms with Crippen molar-refractivity contribution in [1.82, 2.24) is 24.6 Å². The molecule has 0 bridgehead atoms. The molecule has 2 atom stereocenters. The Morgan fingerprint density at radius 3 is 2.44 bits per heavy atom. The van der Waals surface area contributed by atoms with Gasteiger partial charge in [0.05, 0.1) is 6.10 Å². The molecule has 1 fully saturated rings. The zero-order chi connectivity index (χ0) is 34.6. The monoisotopic (exact) mass is 679 g/mol. The van der Waals surface area contributed by atoms with Crippen LogP contribution in [0.4, 0.5) is 17.6 Å². The average Bonchev–Trinajstić information content (AvgIpc) is 3.75. The lowest BCUT2D eigenvalue weighted by atomic mass is 9.97. The summed E-state index contributed by atoms with van der Waals surface area (Å²) in [7, 11) is 1.70. The first-order chi connectivity index (χ1) is 22.5. The fourth-order valence-corrected chi connectivity index (χ4v) is 7.71. The van der Waals surface area contributed by atoms with E-state index in [1.165, 1.54) is 24.5 Å². The topological polar surface area (TPSA) is 69.2 Å². The molecule has 0 saturated heterocycles. The van der Waals surface area contributed by atoms with E-state index in [-0.39, 0.29) is 34.2 Å². The largest absolute Gasteiger partial charge is 0.435 e. The van der Waals surface area contributed by atoms with Crippen molar-refractivity contribution < 1.29 is 26.4 Å². The fourth-order valence-electron chi connectivity index (χ4n) is 6.32. The van der Waals surface area contributed by atoms with E-state index in [4.69, 9.17) is 8.84 Å². The van der Waals surface area contributed by atoms with Crippen LogP contribution in [0.1, 0.15) is 51.2 Å². The minimum atomic E-state index is -4.65. The van der Waals surface area contributed by atoms with Crippen molar-refractivity contribution >= 4 is 19.4 Å². The number of alkyl halides is 3. The number of nitrogens with zero attached hydrogens (tertiary/aromatic N) is 5. The Morgan fingerprint density at radius 1 is 1.00 bits per heavy atom. The van der Waals surface area contributed by atoms with Crippen LogP contribution < -0.4 is 0 Å². The number of hydrogen-bond donors (Lipinski definition) is 0. The van der Waals surface area contributed by atoms with Crippen molar-refractivity contribution in [2.75, 3.05) is 7.05 Å². The summed E-state index contributed by atoms with van der Waals surface area (Å²) < 4.78 is 72.1. The van der Waals surface area contributed by atoms with Crippen LogP contribution in [0.5, 0.6) is 0 Å². The highest BCUT2D eigenvalue weighted by molar-refractivity contribution is 6.74. The van der Waals surface area contributed by atoms with Crippen LogP contribution >= 0.6 is 0 Å². The van der Waals surface area contributed by atoms with Gasteiger partial charge >= 0.3 is 6.18 Å². The highest BCUT2D eigenvalue weighted by Crippen LogP contribution is 2.42. The van der Waals surface area contributed by atoms with E-state index in [0.29, 0.717) is 40.2 Å². The number of rotatable bonds is 8. The van der Waals surface area contributed by atoms with Crippen LogP contribution in [0.3, 0.4) is 0 Å². The highest BCUT2D eigenvalue weighted by atomic mass is 28.4. The summed E-state index contributed by atoms with van der Waals surface area (Å²) in [5.41, 5.74) is 1.85. The lowest BCUT2D eigenvalue weighted by Crippen LogP contribution is -2.48. The molecule has 0 aliphatic heterocycles. The number of fused-ring (bicyclic) bond motifs is 1. The average molecular weight is 680 g/mol. The number of hydrogen-bond acceptors (Lipinski definition) is 6. The molecule has 48 heavy (non-hydrogen) atoms. The van der Waals surface area contributed by atoms with Crippen molar-refractivity contribution in [3.05, 3.63) is 77.9 Å². The summed E-state index contributed by atoms with van der Waals surface area (Å²) in [5.74, 6) is 0.0999. The van der Waals surface area contributed by atoms with E-state index in [0.717, 1.165) is 19.3 Å². The summed E-state index contributed by atoms with van der Waals surface area (Å²) in [4.78, 5) is 6.68. The first-order valence-corrected chi connectivity index (χ1v) is 19.1. The van der Waals surface area contributed by atoms with Gasteiger partial charge in [0.2, 0.25) is 5.89 Å². The lowest BCUT2D eigenvalue weighted by molar-refractivity contribution is -0.136. The lowest BCUT2D eigenvalue weighted by Gasteiger charge is -2.41. The maximum absolute atomic E-state index is 14.5. The molecular formula is C36H41F4N5O2Si. The smallest absolute Gasteiger partial charge is 0.420 e. The highest BCUT2D eigenvalue weighted by Gasteiger charge is 2.43. The maximum atomic E-state index is 14.5. The van der Waals surface area contributed by atoms with Crippen molar-refractivity contribution in [3.63, 3.8) is 0 Å². The molecule has 7 nitrogen and oxygen atoms in total. The second-order valence-electron chi connectivity index (χ2n) is 14.4. The first-order valence-electron chi connectivity index (χ1n) is 16.2. The molecular weight excluding hydrogens is 639 g/mol. The second-order valence-corrected chi connectivity index (χ2v) is 19.1. The number of aryl methyl sites for hydroxylation is 1. The van der Waals surface area contributed by atoms with Gasteiger partial charge in [-0.3, -0.25) is 4.90 Å². The van der Waals surface area contributed by atoms with Gasteiger partial charge in [0, 0.05) is 30.8 Å². The number of aromatic nitrogens is 4. The molecule has 2 aromatic heterocycles. The molecule has 0 N–H and O–H groups in total. The third kappa shape index (κ3) is 6.70. The van der Waals surface area contributed by atoms with Gasteiger partial charge in [-0.25, -0.2) is 9.37 Å². The molecule has 1 saturated carbocycles. The number of halogens is 4. The molecule has 254 valence electrons. The maximum Gasteiger partial charge on any atom is 0.420 e. The number of oxazole rings is 1. The van der Waals surface area contributed by atoms with Gasteiger partial charge in [-0.05, 0) is 97.5 Å². The van der Waals surface area contributed by atoms with Crippen molar-refractivity contribution in [2.45, 2.75) is 83.0 Å².